The number of halogens is 2. The standard InChI is InChI=1S/C18H19F2NO3/c1-11-7-9-13(10-8-11)12(2)21-17(22)14-5-4-6-15(23-3)16(14)24-18(19)20/h4-10,12,18H,1-3H3,(H,21,22). The van der Waals surface area contributed by atoms with Crippen molar-refractivity contribution in [1.82, 2.24) is 5.32 Å². The first-order chi connectivity index (χ1) is 11.4. The van der Waals surface area contributed by atoms with E-state index in [1.807, 2.05) is 38.1 Å². The highest BCUT2D eigenvalue weighted by molar-refractivity contribution is 5.98. The summed E-state index contributed by atoms with van der Waals surface area (Å²) in [5, 5.41) is 2.78. The average molecular weight is 335 g/mol. The number of carbonyl (C=O) groups is 1. The maximum absolute atomic E-state index is 12.6. The fourth-order valence-corrected chi connectivity index (χ4v) is 2.28. The lowest BCUT2D eigenvalue weighted by Crippen LogP contribution is -2.27. The van der Waals surface area contributed by atoms with Crippen LogP contribution in [0.3, 0.4) is 0 Å². The Morgan fingerprint density at radius 1 is 1.12 bits per heavy atom. The number of para-hydroxylation sites is 1. The molecule has 0 radical (unpaired) electrons. The normalized spacial score (nSPS) is 11.9. The van der Waals surface area contributed by atoms with Crippen LogP contribution in [0.4, 0.5) is 8.78 Å². The van der Waals surface area contributed by atoms with Gasteiger partial charge in [0.2, 0.25) is 0 Å². The van der Waals surface area contributed by atoms with Crippen LogP contribution < -0.4 is 14.8 Å². The van der Waals surface area contributed by atoms with Gasteiger partial charge in [-0.15, -0.1) is 0 Å². The number of benzene rings is 2. The molecule has 0 aliphatic heterocycles. The highest BCUT2D eigenvalue weighted by atomic mass is 19.3. The molecule has 0 saturated heterocycles. The molecule has 0 fully saturated rings. The second-order valence-electron chi connectivity index (χ2n) is 5.32. The van der Waals surface area contributed by atoms with Gasteiger partial charge in [0.15, 0.2) is 11.5 Å². The minimum atomic E-state index is -3.05. The van der Waals surface area contributed by atoms with Gasteiger partial charge in [0.05, 0.1) is 18.7 Å². The predicted octanol–water partition coefficient (Wildman–Crippen LogP) is 4.10. The van der Waals surface area contributed by atoms with Crippen molar-refractivity contribution in [3.63, 3.8) is 0 Å². The Balaban J connectivity index is 2.24. The lowest BCUT2D eigenvalue weighted by atomic mass is 10.1. The minimum absolute atomic E-state index is 0.00592. The molecule has 1 atom stereocenters. The van der Waals surface area contributed by atoms with Crippen molar-refractivity contribution in [2.75, 3.05) is 7.11 Å². The summed E-state index contributed by atoms with van der Waals surface area (Å²) >= 11 is 0. The van der Waals surface area contributed by atoms with Crippen LogP contribution in [-0.4, -0.2) is 19.6 Å². The van der Waals surface area contributed by atoms with Crippen molar-refractivity contribution < 1.29 is 23.0 Å². The van der Waals surface area contributed by atoms with Crippen LogP contribution in [0.2, 0.25) is 0 Å². The molecule has 2 aromatic rings. The van der Waals surface area contributed by atoms with E-state index in [1.54, 1.807) is 6.07 Å². The molecule has 0 aromatic heterocycles. The van der Waals surface area contributed by atoms with Gasteiger partial charge in [0.25, 0.3) is 5.91 Å². The zero-order valence-electron chi connectivity index (χ0n) is 13.7. The van der Waals surface area contributed by atoms with Crippen LogP contribution in [0.1, 0.15) is 34.5 Å². The number of nitrogens with one attached hydrogen (secondary N) is 1. The van der Waals surface area contributed by atoms with Gasteiger partial charge in [-0.1, -0.05) is 35.9 Å². The molecular weight excluding hydrogens is 316 g/mol. The van der Waals surface area contributed by atoms with Crippen molar-refractivity contribution in [1.29, 1.82) is 0 Å². The summed E-state index contributed by atoms with van der Waals surface area (Å²) in [5.41, 5.74) is 2.01. The highest BCUT2D eigenvalue weighted by Crippen LogP contribution is 2.32. The number of ether oxygens (including phenoxy) is 2. The maximum atomic E-state index is 12.6. The van der Waals surface area contributed by atoms with Gasteiger partial charge in [-0.3, -0.25) is 4.79 Å². The van der Waals surface area contributed by atoms with Crippen molar-refractivity contribution in [2.24, 2.45) is 0 Å². The molecule has 24 heavy (non-hydrogen) atoms. The number of rotatable bonds is 6. The minimum Gasteiger partial charge on any atom is -0.493 e. The Kier molecular flexibility index (Phi) is 5.73. The molecule has 0 aliphatic carbocycles. The maximum Gasteiger partial charge on any atom is 0.387 e. The molecule has 0 heterocycles. The number of hydrogen-bond acceptors (Lipinski definition) is 3. The Hall–Kier alpha value is -2.63. The smallest absolute Gasteiger partial charge is 0.387 e. The molecule has 2 rings (SSSR count). The van der Waals surface area contributed by atoms with E-state index in [0.29, 0.717) is 0 Å². The summed E-state index contributed by atoms with van der Waals surface area (Å²) in [6.07, 6.45) is 0. The highest BCUT2D eigenvalue weighted by Gasteiger charge is 2.21. The lowest BCUT2D eigenvalue weighted by molar-refractivity contribution is -0.0515. The van der Waals surface area contributed by atoms with Crippen LogP contribution in [0.25, 0.3) is 0 Å². The van der Waals surface area contributed by atoms with E-state index < -0.39 is 12.5 Å². The lowest BCUT2D eigenvalue weighted by Gasteiger charge is -2.17. The Morgan fingerprint density at radius 3 is 2.38 bits per heavy atom. The average Bonchev–Trinajstić information content (AvgIpc) is 2.55. The van der Waals surface area contributed by atoms with E-state index in [2.05, 4.69) is 10.1 Å². The SMILES string of the molecule is COc1cccc(C(=O)NC(C)c2ccc(C)cc2)c1OC(F)F. The summed E-state index contributed by atoms with van der Waals surface area (Å²) in [7, 11) is 1.32. The molecular formula is C18H19F2NO3. The third kappa shape index (κ3) is 4.22. The third-order valence-electron chi connectivity index (χ3n) is 3.58. The van der Waals surface area contributed by atoms with E-state index in [4.69, 9.17) is 4.74 Å². The number of alkyl halides is 2. The van der Waals surface area contributed by atoms with Gasteiger partial charge in [-0.2, -0.15) is 8.78 Å². The summed E-state index contributed by atoms with van der Waals surface area (Å²) < 4.78 is 34.7. The van der Waals surface area contributed by atoms with E-state index in [0.717, 1.165) is 11.1 Å². The molecule has 1 amide bonds. The fraction of sp³-hybridized carbons (Fsp3) is 0.278. The van der Waals surface area contributed by atoms with E-state index in [-0.39, 0.29) is 23.1 Å². The van der Waals surface area contributed by atoms with Gasteiger partial charge in [0.1, 0.15) is 0 Å². The van der Waals surface area contributed by atoms with Crippen LogP contribution in [0, 0.1) is 6.92 Å². The molecule has 128 valence electrons. The van der Waals surface area contributed by atoms with Gasteiger partial charge >= 0.3 is 6.61 Å². The van der Waals surface area contributed by atoms with Crippen molar-refractivity contribution in [3.05, 3.63) is 59.2 Å². The summed E-state index contributed by atoms with van der Waals surface area (Å²) in [6, 6.07) is 11.8. The summed E-state index contributed by atoms with van der Waals surface area (Å²) in [6.45, 7) is 0.732. The first-order valence-corrected chi connectivity index (χ1v) is 7.41. The number of aryl methyl sites for hydroxylation is 1. The van der Waals surface area contributed by atoms with Gasteiger partial charge in [-0.05, 0) is 31.5 Å². The van der Waals surface area contributed by atoms with E-state index in [1.165, 1.54) is 19.2 Å². The second-order valence-corrected chi connectivity index (χ2v) is 5.32. The predicted molar refractivity (Wildman–Crippen MR) is 86.7 cm³/mol. The van der Waals surface area contributed by atoms with Gasteiger partial charge in [0, 0.05) is 0 Å². The van der Waals surface area contributed by atoms with E-state index >= 15 is 0 Å². The molecule has 6 heteroatoms. The van der Waals surface area contributed by atoms with Crippen molar-refractivity contribution in [3.8, 4) is 11.5 Å². The number of methoxy groups -OCH3 is 1. The first-order valence-electron chi connectivity index (χ1n) is 7.41. The zero-order valence-corrected chi connectivity index (χ0v) is 13.7. The van der Waals surface area contributed by atoms with Crippen LogP contribution in [0.15, 0.2) is 42.5 Å². The van der Waals surface area contributed by atoms with Crippen LogP contribution >= 0.6 is 0 Å². The summed E-state index contributed by atoms with van der Waals surface area (Å²) in [5.74, 6) is -0.716. The van der Waals surface area contributed by atoms with Gasteiger partial charge in [-0.25, -0.2) is 0 Å². The molecule has 0 saturated carbocycles. The molecule has 0 aliphatic rings. The molecule has 0 spiro atoms. The summed E-state index contributed by atoms with van der Waals surface area (Å²) in [4.78, 5) is 12.5. The number of amides is 1. The second kappa shape index (κ2) is 7.77. The first kappa shape index (κ1) is 17.7. The van der Waals surface area contributed by atoms with Crippen molar-refractivity contribution in [2.45, 2.75) is 26.5 Å². The van der Waals surface area contributed by atoms with Crippen molar-refractivity contribution >= 4 is 5.91 Å². The topological polar surface area (TPSA) is 47.6 Å². The number of hydrogen-bond donors (Lipinski definition) is 1. The largest absolute Gasteiger partial charge is 0.493 e. The molecule has 1 N–H and O–H groups in total. The van der Waals surface area contributed by atoms with E-state index in [9.17, 15) is 13.6 Å². The molecule has 4 nitrogen and oxygen atoms in total. The van der Waals surface area contributed by atoms with Crippen LogP contribution in [0.5, 0.6) is 11.5 Å². The third-order valence-corrected chi connectivity index (χ3v) is 3.58. The monoisotopic (exact) mass is 335 g/mol. The fourth-order valence-electron chi connectivity index (χ4n) is 2.28. The zero-order chi connectivity index (χ0) is 17.7. The molecule has 2 aromatic carbocycles. The number of carbonyl (C=O) groups excluding carboxylic acids is 1. The van der Waals surface area contributed by atoms with Crippen LogP contribution in [-0.2, 0) is 0 Å². The molecule has 1 unspecified atom stereocenters. The quantitative estimate of drug-likeness (QED) is 0.865. The molecule has 0 bridgehead atoms. The van der Waals surface area contributed by atoms with Gasteiger partial charge < -0.3 is 14.8 Å². The Morgan fingerprint density at radius 2 is 1.79 bits per heavy atom. The Bertz CT molecular complexity index is 702. The Labute approximate surface area is 139 Å².